The Balaban J connectivity index is 2.04. The molecule has 2 aromatic rings. The molecule has 0 amide bonds. The molecule has 1 atom stereocenters. The quantitative estimate of drug-likeness (QED) is 0.914. The summed E-state index contributed by atoms with van der Waals surface area (Å²) in [6.07, 6.45) is 0. The summed E-state index contributed by atoms with van der Waals surface area (Å²) in [6, 6.07) is 10.2. The van der Waals surface area contributed by atoms with Crippen molar-refractivity contribution in [3.05, 3.63) is 56.5 Å². The first kappa shape index (κ1) is 14.0. The highest BCUT2D eigenvalue weighted by Crippen LogP contribution is 2.26. The smallest absolute Gasteiger partial charge is 0.127 e. The van der Waals surface area contributed by atoms with Gasteiger partial charge < -0.3 is 5.32 Å². The van der Waals surface area contributed by atoms with Gasteiger partial charge in [-0.05, 0) is 37.3 Å². The predicted octanol–water partition coefficient (Wildman–Crippen LogP) is 4.26. The van der Waals surface area contributed by atoms with Crippen molar-refractivity contribution in [2.24, 2.45) is 0 Å². The summed E-state index contributed by atoms with van der Waals surface area (Å²) in [4.78, 5) is 1.10. The second-order valence-corrected chi connectivity index (χ2v) is 5.91. The normalized spacial score (nSPS) is 12.1. The molecule has 5 heteroatoms. The van der Waals surface area contributed by atoms with Gasteiger partial charge in [-0.25, -0.2) is 4.39 Å². The molecule has 0 aliphatic rings. The van der Waals surface area contributed by atoms with Crippen molar-refractivity contribution in [3.63, 3.8) is 0 Å². The van der Waals surface area contributed by atoms with Crippen LogP contribution in [-0.2, 0) is 6.54 Å². The fourth-order valence-electron chi connectivity index (χ4n) is 1.70. The molecule has 1 heterocycles. The van der Waals surface area contributed by atoms with E-state index in [1.165, 1.54) is 23.5 Å². The van der Waals surface area contributed by atoms with Crippen molar-refractivity contribution < 1.29 is 4.39 Å². The molecule has 1 aromatic carbocycles. The molecule has 1 unspecified atom stereocenters. The van der Waals surface area contributed by atoms with E-state index in [2.05, 4.69) is 5.32 Å². The molecule has 1 N–H and O–H groups in total. The third-order valence-electron chi connectivity index (χ3n) is 2.79. The molecule has 0 bridgehead atoms. The van der Waals surface area contributed by atoms with Gasteiger partial charge in [-0.3, -0.25) is 0 Å². The molecule has 0 radical (unpaired) electrons. The maximum atomic E-state index is 13.6. The number of hydrogen-bond acceptors (Lipinski definition) is 3. The van der Waals surface area contributed by atoms with E-state index in [-0.39, 0.29) is 11.9 Å². The maximum Gasteiger partial charge on any atom is 0.127 e. The van der Waals surface area contributed by atoms with Crippen LogP contribution in [0.2, 0.25) is 4.34 Å². The summed E-state index contributed by atoms with van der Waals surface area (Å²) in [7, 11) is 0. The lowest BCUT2D eigenvalue weighted by atomic mass is 10.1. The average Bonchev–Trinajstić information content (AvgIpc) is 2.84. The minimum atomic E-state index is -0.303. The fourth-order valence-corrected chi connectivity index (χ4v) is 2.79. The predicted molar refractivity (Wildman–Crippen MR) is 75.7 cm³/mol. The molecular weight excluding hydrogens is 283 g/mol. The molecule has 19 heavy (non-hydrogen) atoms. The summed E-state index contributed by atoms with van der Waals surface area (Å²) in [5.74, 6) is -0.303. The largest absolute Gasteiger partial charge is 0.305 e. The van der Waals surface area contributed by atoms with Crippen LogP contribution in [0.3, 0.4) is 0 Å². The van der Waals surface area contributed by atoms with Gasteiger partial charge in [0.15, 0.2) is 0 Å². The van der Waals surface area contributed by atoms with E-state index in [0.717, 1.165) is 9.21 Å². The Bertz CT molecular complexity index is 618. The zero-order valence-electron chi connectivity index (χ0n) is 10.3. The summed E-state index contributed by atoms with van der Waals surface area (Å²) < 4.78 is 14.3. The molecule has 1 aromatic heterocycles. The Morgan fingerprint density at radius 1 is 1.42 bits per heavy atom. The van der Waals surface area contributed by atoms with Crippen molar-refractivity contribution in [2.75, 3.05) is 0 Å². The Morgan fingerprint density at radius 3 is 2.84 bits per heavy atom. The zero-order chi connectivity index (χ0) is 13.8. The summed E-state index contributed by atoms with van der Waals surface area (Å²) in [5.41, 5.74) is 0.957. The minimum absolute atomic E-state index is 0.0858. The number of hydrogen-bond donors (Lipinski definition) is 1. The molecule has 98 valence electrons. The van der Waals surface area contributed by atoms with E-state index >= 15 is 0 Å². The SMILES string of the molecule is CC(NCc1cc(C#N)ccc1F)c1ccc(Cl)s1. The Kier molecular flexibility index (Phi) is 4.54. The van der Waals surface area contributed by atoms with E-state index in [1.54, 1.807) is 6.07 Å². The topological polar surface area (TPSA) is 35.8 Å². The highest BCUT2D eigenvalue weighted by molar-refractivity contribution is 7.16. The van der Waals surface area contributed by atoms with Crippen LogP contribution in [0, 0.1) is 17.1 Å². The lowest BCUT2D eigenvalue weighted by molar-refractivity contribution is 0.549. The van der Waals surface area contributed by atoms with E-state index in [9.17, 15) is 4.39 Å². The number of nitriles is 1. The van der Waals surface area contributed by atoms with Gasteiger partial charge in [-0.15, -0.1) is 11.3 Å². The van der Waals surface area contributed by atoms with E-state index in [0.29, 0.717) is 17.7 Å². The third-order valence-corrected chi connectivity index (χ3v) is 4.21. The molecule has 0 saturated heterocycles. The van der Waals surface area contributed by atoms with Crippen LogP contribution in [0.5, 0.6) is 0 Å². The molecule has 2 rings (SSSR count). The first-order valence-corrected chi connectivity index (χ1v) is 6.96. The molecular formula is C14H12ClFN2S. The average molecular weight is 295 g/mol. The van der Waals surface area contributed by atoms with Gasteiger partial charge in [-0.1, -0.05) is 11.6 Å². The third kappa shape index (κ3) is 3.54. The first-order valence-electron chi connectivity index (χ1n) is 5.77. The van der Waals surface area contributed by atoms with Gasteiger partial charge in [0.25, 0.3) is 0 Å². The van der Waals surface area contributed by atoms with Crippen LogP contribution < -0.4 is 5.32 Å². The van der Waals surface area contributed by atoms with Crippen molar-refractivity contribution in [1.82, 2.24) is 5.32 Å². The van der Waals surface area contributed by atoms with Gasteiger partial charge in [0.1, 0.15) is 5.82 Å². The van der Waals surface area contributed by atoms with Crippen LogP contribution >= 0.6 is 22.9 Å². The number of halogens is 2. The van der Waals surface area contributed by atoms with Crippen LogP contribution in [0.1, 0.15) is 29.0 Å². The van der Waals surface area contributed by atoms with Crippen LogP contribution in [-0.4, -0.2) is 0 Å². The van der Waals surface area contributed by atoms with Crippen molar-refractivity contribution in [1.29, 1.82) is 5.26 Å². The second-order valence-electron chi connectivity index (χ2n) is 4.16. The second kappa shape index (κ2) is 6.16. The lowest BCUT2D eigenvalue weighted by Gasteiger charge is -2.12. The standard InChI is InChI=1S/C14H12ClFN2S/c1-9(13-4-5-14(15)19-13)18-8-11-6-10(7-17)2-3-12(11)16/h2-6,9,18H,8H2,1H3. The van der Waals surface area contributed by atoms with Gasteiger partial charge in [0.05, 0.1) is 16.0 Å². The zero-order valence-corrected chi connectivity index (χ0v) is 11.9. The molecule has 0 saturated carbocycles. The lowest BCUT2D eigenvalue weighted by Crippen LogP contribution is -2.18. The highest BCUT2D eigenvalue weighted by Gasteiger charge is 2.09. The van der Waals surface area contributed by atoms with Gasteiger partial charge in [0, 0.05) is 23.0 Å². The number of benzene rings is 1. The fraction of sp³-hybridized carbons (Fsp3) is 0.214. The van der Waals surface area contributed by atoms with Crippen LogP contribution in [0.25, 0.3) is 0 Å². The molecule has 0 fully saturated rings. The van der Waals surface area contributed by atoms with E-state index < -0.39 is 0 Å². The number of nitrogens with zero attached hydrogens (tertiary/aromatic N) is 1. The van der Waals surface area contributed by atoms with E-state index in [1.807, 2.05) is 25.1 Å². The first-order chi connectivity index (χ1) is 9.10. The molecule has 0 aliphatic carbocycles. The summed E-state index contributed by atoms with van der Waals surface area (Å²) in [6.45, 7) is 2.37. The maximum absolute atomic E-state index is 13.6. The molecule has 0 spiro atoms. The Morgan fingerprint density at radius 2 is 2.21 bits per heavy atom. The number of thiophene rings is 1. The number of nitrogens with one attached hydrogen (secondary N) is 1. The number of rotatable bonds is 4. The van der Waals surface area contributed by atoms with Gasteiger partial charge in [-0.2, -0.15) is 5.26 Å². The highest BCUT2D eigenvalue weighted by atomic mass is 35.5. The van der Waals surface area contributed by atoms with Crippen molar-refractivity contribution >= 4 is 22.9 Å². The summed E-state index contributed by atoms with van der Waals surface area (Å²) in [5, 5.41) is 12.0. The van der Waals surface area contributed by atoms with Crippen molar-refractivity contribution in [2.45, 2.75) is 19.5 Å². The van der Waals surface area contributed by atoms with Gasteiger partial charge >= 0.3 is 0 Å². The molecule has 0 aliphatic heterocycles. The summed E-state index contributed by atoms with van der Waals surface area (Å²) >= 11 is 7.38. The Labute approximate surface area is 120 Å². The van der Waals surface area contributed by atoms with Gasteiger partial charge in [0.2, 0.25) is 0 Å². The monoisotopic (exact) mass is 294 g/mol. The van der Waals surface area contributed by atoms with E-state index in [4.69, 9.17) is 16.9 Å². The minimum Gasteiger partial charge on any atom is -0.305 e. The molecule has 2 nitrogen and oxygen atoms in total. The Hall–Kier alpha value is -1.41. The van der Waals surface area contributed by atoms with Crippen LogP contribution in [0.4, 0.5) is 4.39 Å². The van der Waals surface area contributed by atoms with Crippen LogP contribution in [0.15, 0.2) is 30.3 Å². The van der Waals surface area contributed by atoms with Crippen molar-refractivity contribution in [3.8, 4) is 6.07 Å².